The molecule has 0 saturated carbocycles. The van der Waals surface area contributed by atoms with Crippen molar-refractivity contribution in [2.45, 2.75) is 12.5 Å². The zero-order valence-corrected chi connectivity index (χ0v) is 14.8. The summed E-state index contributed by atoms with van der Waals surface area (Å²) in [4.78, 5) is 12.4. The van der Waals surface area contributed by atoms with Crippen LogP contribution in [0.15, 0.2) is 45.6 Å². The molecule has 1 N–H and O–H groups in total. The molecule has 3 heterocycles. The van der Waals surface area contributed by atoms with Crippen LogP contribution < -0.4 is 5.32 Å². The highest BCUT2D eigenvalue weighted by Crippen LogP contribution is 2.20. The van der Waals surface area contributed by atoms with Gasteiger partial charge in [0.2, 0.25) is 0 Å². The van der Waals surface area contributed by atoms with Gasteiger partial charge < -0.3 is 9.73 Å². The van der Waals surface area contributed by atoms with E-state index >= 15 is 0 Å². The summed E-state index contributed by atoms with van der Waals surface area (Å²) in [7, 11) is 0. The summed E-state index contributed by atoms with van der Waals surface area (Å²) in [6.45, 7) is 0. The van der Waals surface area contributed by atoms with E-state index in [-0.39, 0.29) is 17.7 Å². The number of pyridine rings is 1. The zero-order chi connectivity index (χ0) is 16.2. The molecule has 0 unspecified atom stereocenters. The van der Waals surface area contributed by atoms with Gasteiger partial charge >= 0.3 is 0 Å². The second kappa shape index (κ2) is 7.18. The Labute approximate surface area is 145 Å². The summed E-state index contributed by atoms with van der Waals surface area (Å²) >= 11 is 4.92. The van der Waals surface area contributed by atoms with Crippen molar-refractivity contribution >= 4 is 39.2 Å². The van der Waals surface area contributed by atoms with Crippen LogP contribution in [0.3, 0.4) is 0 Å². The molecule has 0 fully saturated rings. The van der Waals surface area contributed by atoms with Gasteiger partial charge in [-0.05, 0) is 58.6 Å². The standard InChI is InChI=1S/C15H15BrN4O2S/c1-23-9-7-10(17-15(21)11-5-6-12(16)22-11)14-19-18-13-4-2-3-8-20(13)14/h2-6,8,10H,7,9H2,1H3,(H,17,21)/t10-/m1/s1. The Kier molecular flexibility index (Phi) is 5.02. The van der Waals surface area contributed by atoms with Gasteiger partial charge in [-0.1, -0.05) is 6.07 Å². The van der Waals surface area contributed by atoms with Crippen LogP contribution >= 0.6 is 27.7 Å². The van der Waals surface area contributed by atoms with Gasteiger partial charge in [0, 0.05) is 6.20 Å². The molecule has 120 valence electrons. The Morgan fingerprint density at radius 2 is 2.26 bits per heavy atom. The number of furan rings is 1. The van der Waals surface area contributed by atoms with Gasteiger partial charge in [0.15, 0.2) is 21.9 Å². The third kappa shape index (κ3) is 3.59. The van der Waals surface area contributed by atoms with E-state index in [9.17, 15) is 4.79 Å². The Balaban J connectivity index is 1.87. The number of rotatable bonds is 6. The SMILES string of the molecule is CSCC[C@@H](NC(=O)c1ccc(Br)o1)c1nnc2ccccn12. The third-order valence-corrected chi connectivity index (χ3v) is 4.43. The summed E-state index contributed by atoms with van der Waals surface area (Å²) < 4.78 is 7.73. The van der Waals surface area contributed by atoms with Crippen LogP contribution in [0.2, 0.25) is 0 Å². The number of hydrogen-bond acceptors (Lipinski definition) is 5. The fourth-order valence-electron chi connectivity index (χ4n) is 2.26. The lowest BCUT2D eigenvalue weighted by molar-refractivity contribution is 0.0904. The number of thioether (sulfide) groups is 1. The second-order valence-corrected chi connectivity index (χ2v) is 6.67. The van der Waals surface area contributed by atoms with Gasteiger partial charge in [-0.15, -0.1) is 10.2 Å². The summed E-state index contributed by atoms with van der Waals surface area (Å²) in [5.41, 5.74) is 0.756. The number of aromatic nitrogens is 3. The number of hydrogen-bond donors (Lipinski definition) is 1. The summed E-state index contributed by atoms with van der Waals surface area (Å²) in [6, 6.07) is 8.79. The lowest BCUT2D eigenvalue weighted by Crippen LogP contribution is -2.30. The fourth-order valence-corrected chi connectivity index (χ4v) is 3.04. The quantitative estimate of drug-likeness (QED) is 0.694. The van der Waals surface area contributed by atoms with E-state index in [0.717, 1.165) is 17.8 Å². The Hall–Kier alpha value is -1.80. The van der Waals surface area contributed by atoms with Gasteiger partial charge in [0.05, 0.1) is 6.04 Å². The smallest absolute Gasteiger partial charge is 0.287 e. The molecule has 0 aliphatic heterocycles. The molecule has 0 radical (unpaired) electrons. The molecule has 0 bridgehead atoms. The average molecular weight is 395 g/mol. The van der Waals surface area contributed by atoms with Crippen LogP contribution in [0, 0.1) is 0 Å². The second-order valence-electron chi connectivity index (χ2n) is 4.90. The van der Waals surface area contributed by atoms with Crippen molar-refractivity contribution < 1.29 is 9.21 Å². The van der Waals surface area contributed by atoms with Gasteiger partial charge in [-0.2, -0.15) is 11.8 Å². The predicted molar refractivity (Wildman–Crippen MR) is 92.6 cm³/mol. The van der Waals surface area contributed by atoms with Crippen LogP contribution in [-0.4, -0.2) is 32.5 Å². The van der Waals surface area contributed by atoms with E-state index in [2.05, 4.69) is 31.4 Å². The van der Waals surface area contributed by atoms with Crippen molar-refractivity contribution in [1.29, 1.82) is 0 Å². The number of halogens is 1. The molecule has 0 spiro atoms. The minimum atomic E-state index is -0.269. The average Bonchev–Trinajstić information content (AvgIpc) is 3.17. The Bertz CT molecular complexity index is 817. The van der Waals surface area contributed by atoms with Gasteiger partial charge in [-0.3, -0.25) is 9.20 Å². The van der Waals surface area contributed by atoms with Gasteiger partial charge in [0.25, 0.3) is 5.91 Å². The van der Waals surface area contributed by atoms with E-state index in [4.69, 9.17) is 4.42 Å². The molecule has 0 aliphatic rings. The summed E-state index contributed by atoms with van der Waals surface area (Å²) in [5, 5.41) is 11.4. The van der Waals surface area contributed by atoms with Gasteiger partial charge in [0.1, 0.15) is 0 Å². The van der Waals surface area contributed by atoms with Crippen LogP contribution in [0.1, 0.15) is 28.8 Å². The highest BCUT2D eigenvalue weighted by molar-refractivity contribution is 9.10. The third-order valence-electron chi connectivity index (χ3n) is 3.36. The summed E-state index contributed by atoms with van der Waals surface area (Å²) in [6.07, 6.45) is 4.68. The fraction of sp³-hybridized carbons (Fsp3) is 0.267. The zero-order valence-electron chi connectivity index (χ0n) is 12.4. The molecule has 1 amide bonds. The first kappa shape index (κ1) is 16.1. The largest absolute Gasteiger partial charge is 0.444 e. The highest BCUT2D eigenvalue weighted by Gasteiger charge is 2.22. The van der Waals surface area contributed by atoms with Crippen LogP contribution in [-0.2, 0) is 0 Å². The first-order valence-corrected chi connectivity index (χ1v) is 9.22. The predicted octanol–water partition coefficient (Wildman–Crippen LogP) is 3.31. The van der Waals surface area contributed by atoms with Crippen molar-refractivity contribution in [3.63, 3.8) is 0 Å². The molecule has 3 aromatic rings. The van der Waals surface area contributed by atoms with E-state index in [1.54, 1.807) is 23.9 Å². The van der Waals surface area contributed by atoms with E-state index in [1.807, 2.05) is 35.1 Å². The molecule has 0 saturated heterocycles. The molecule has 23 heavy (non-hydrogen) atoms. The first-order valence-electron chi connectivity index (χ1n) is 7.04. The lowest BCUT2D eigenvalue weighted by atomic mass is 10.2. The maximum absolute atomic E-state index is 12.4. The molecule has 3 aromatic heterocycles. The maximum Gasteiger partial charge on any atom is 0.287 e. The normalized spacial score (nSPS) is 12.4. The van der Waals surface area contributed by atoms with Gasteiger partial charge in [-0.25, -0.2) is 0 Å². The summed E-state index contributed by atoms with van der Waals surface area (Å²) in [5.74, 6) is 1.61. The van der Waals surface area contributed by atoms with Crippen LogP contribution in [0.5, 0.6) is 0 Å². The number of carbonyl (C=O) groups excluding carboxylic acids is 1. The van der Waals surface area contributed by atoms with Crippen LogP contribution in [0.25, 0.3) is 5.65 Å². The molecule has 0 aliphatic carbocycles. The molecule has 3 rings (SSSR count). The van der Waals surface area contributed by atoms with Crippen molar-refractivity contribution in [3.8, 4) is 0 Å². The number of carbonyl (C=O) groups is 1. The molecule has 0 aromatic carbocycles. The van der Waals surface area contributed by atoms with Crippen molar-refractivity contribution in [2.75, 3.05) is 12.0 Å². The van der Waals surface area contributed by atoms with Crippen molar-refractivity contribution in [2.24, 2.45) is 0 Å². The molecule has 6 nitrogen and oxygen atoms in total. The molecular formula is C15H15BrN4O2S. The minimum absolute atomic E-state index is 0.240. The maximum atomic E-state index is 12.4. The highest BCUT2D eigenvalue weighted by atomic mass is 79.9. The molecule has 8 heteroatoms. The molecular weight excluding hydrogens is 380 g/mol. The number of amides is 1. The van der Waals surface area contributed by atoms with E-state index < -0.39 is 0 Å². The van der Waals surface area contributed by atoms with Crippen molar-refractivity contribution in [1.82, 2.24) is 19.9 Å². The van der Waals surface area contributed by atoms with Crippen molar-refractivity contribution in [3.05, 3.63) is 52.8 Å². The topological polar surface area (TPSA) is 72.4 Å². The van der Waals surface area contributed by atoms with E-state index in [1.165, 1.54) is 0 Å². The molecule has 1 atom stereocenters. The number of nitrogens with one attached hydrogen (secondary N) is 1. The monoisotopic (exact) mass is 394 g/mol. The number of fused-ring (bicyclic) bond motifs is 1. The van der Waals surface area contributed by atoms with E-state index in [0.29, 0.717) is 10.5 Å². The Morgan fingerprint density at radius 3 is 3.00 bits per heavy atom. The Morgan fingerprint density at radius 1 is 1.39 bits per heavy atom. The lowest BCUT2D eigenvalue weighted by Gasteiger charge is -2.16. The first-order chi connectivity index (χ1) is 11.2. The van der Waals surface area contributed by atoms with Crippen LogP contribution in [0.4, 0.5) is 0 Å². The number of nitrogens with zero attached hydrogens (tertiary/aromatic N) is 3. The minimum Gasteiger partial charge on any atom is -0.444 e.